The predicted octanol–water partition coefficient (Wildman–Crippen LogP) is 3.38. The SMILES string of the molecule is CCNC(c1c(Br)cnn1CCOC)C(C)(C)CC. The topological polar surface area (TPSA) is 39.1 Å². The van der Waals surface area contributed by atoms with E-state index in [-0.39, 0.29) is 11.5 Å². The second-order valence-corrected chi connectivity index (χ2v) is 6.28. The summed E-state index contributed by atoms with van der Waals surface area (Å²) in [5, 5.41) is 8.06. The van der Waals surface area contributed by atoms with Crippen molar-refractivity contribution >= 4 is 15.9 Å². The summed E-state index contributed by atoms with van der Waals surface area (Å²) in [6.07, 6.45) is 2.98. The molecule has 0 saturated carbocycles. The van der Waals surface area contributed by atoms with Crippen LogP contribution >= 0.6 is 15.9 Å². The van der Waals surface area contributed by atoms with Crippen LogP contribution < -0.4 is 5.32 Å². The van der Waals surface area contributed by atoms with E-state index in [0.717, 1.165) is 24.0 Å². The van der Waals surface area contributed by atoms with Crippen LogP contribution in [-0.2, 0) is 11.3 Å². The molecule has 0 aromatic carbocycles. The maximum atomic E-state index is 5.17. The third-order valence-corrected chi connectivity index (χ3v) is 4.33. The molecule has 1 heterocycles. The lowest BCUT2D eigenvalue weighted by atomic mass is 9.80. The quantitative estimate of drug-likeness (QED) is 0.793. The fourth-order valence-corrected chi connectivity index (χ4v) is 2.69. The highest BCUT2D eigenvalue weighted by molar-refractivity contribution is 9.10. The number of methoxy groups -OCH3 is 1. The maximum absolute atomic E-state index is 5.17. The largest absolute Gasteiger partial charge is 0.383 e. The summed E-state index contributed by atoms with van der Waals surface area (Å²) >= 11 is 3.64. The van der Waals surface area contributed by atoms with Gasteiger partial charge in [0, 0.05) is 7.11 Å². The molecule has 0 radical (unpaired) electrons. The Hall–Kier alpha value is -0.390. The summed E-state index contributed by atoms with van der Waals surface area (Å²) in [5.74, 6) is 0. The lowest BCUT2D eigenvalue weighted by Crippen LogP contribution is -2.36. The van der Waals surface area contributed by atoms with Crippen molar-refractivity contribution in [3.63, 3.8) is 0 Å². The first-order valence-corrected chi connectivity index (χ1v) is 7.70. The summed E-state index contributed by atoms with van der Waals surface area (Å²) in [7, 11) is 1.72. The van der Waals surface area contributed by atoms with Gasteiger partial charge in [0.05, 0.1) is 35.6 Å². The zero-order valence-electron chi connectivity index (χ0n) is 12.7. The molecule has 1 aromatic rings. The van der Waals surface area contributed by atoms with Crippen molar-refractivity contribution < 1.29 is 4.74 Å². The number of hydrogen-bond acceptors (Lipinski definition) is 3. The Morgan fingerprint density at radius 3 is 2.68 bits per heavy atom. The van der Waals surface area contributed by atoms with Crippen molar-refractivity contribution in [1.29, 1.82) is 0 Å². The van der Waals surface area contributed by atoms with Crippen molar-refractivity contribution in [2.45, 2.75) is 46.7 Å². The molecule has 1 atom stereocenters. The van der Waals surface area contributed by atoms with Crippen LogP contribution in [0, 0.1) is 5.41 Å². The fourth-order valence-electron chi connectivity index (χ4n) is 2.17. The van der Waals surface area contributed by atoms with Gasteiger partial charge >= 0.3 is 0 Å². The maximum Gasteiger partial charge on any atom is 0.0702 e. The van der Waals surface area contributed by atoms with Crippen LogP contribution in [-0.4, -0.2) is 30.0 Å². The van der Waals surface area contributed by atoms with Gasteiger partial charge in [0.15, 0.2) is 0 Å². The standard InChI is InChI=1S/C14H26BrN3O/c1-6-14(3,4)13(16-7-2)12-11(15)10-17-18(12)8-9-19-5/h10,13,16H,6-9H2,1-5H3. The molecule has 5 heteroatoms. The van der Waals surface area contributed by atoms with Gasteiger partial charge in [-0.1, -0.05) is 27.7 Å². The zero-order valence-corrected chi connectivity index (χ0v) is 14.2. The molecule has 0 amide bonds. The van der Waals surface area contributed by atoms with Gasteiger partial charge in [0.2, 0.25) is 0 Å². The van der Waals surface area contributed by atoms with Crippen molar-refractivity contribution in [1.82, 2.24) is 15.1 Å². The number of aromatic nitrogens is 2. The molecule has 1 unspecified atom stereocenters. The molecule has 0 spiro atoms. The molecule has 0 bridgehead atoms. The van der Waals surface area contributed by atoms with E-state index in [4.69, 9.17) is 4.74 Å². The highest BCUT2D eigenvalue weighted by Gasteiger charge is 2.32. The Morgan fingerprint density at radius 1 is 1.47 bits per heavy atom. The molecule has 19 heavy (non-hydrogen) atoms. The van der Waals surface area contributed by atoms with Crippen LogP contribution in [0.25, 0.3) is 0 Å². The highest BCUT2D eigenvalue weighted by atomic mass is 79.9. The van der Waals surface area contributed by atoms with Gasteiger partial charge in [-0.15, -0.1) is 0 Å². The Labute approximate surface area is 125 Å². The molecule has 110 valence electrons. The third kappa shape index (κ3) is 4.04. The van der Waals surface area contributed by atoms with Gasteiger partial charge in [-0.3, -0.25) is 4.68 Å². The number of nitrogens with one attached hydrogen (secondary N) is 1. The Kier molecular flexibility index (Phi) is 6.50. The van der Waals surface area contributed by atoms with Gasteiger partial charge < -0.3 is 10.1 Å². The van der Waals surface area contributed by atoms with Crippen molar-refractivity contribution in [2.24, 2.45) is 5.41 Å². The van der Waals surface area contributed by atoms with Gasteiger partial charge in [0.25, 0.3) is 0 Å². The lowest BCUT2D eigenvalue weighted by Gasteiger charge is -2.35. The molecule has 1 aromatic heterocycles. The minimum absolute atomic E-state index is 0.170. The zero-order chi connectivity index (χ0) is 14.5. The molecule has 0 aliphatic heterocycles. The molecule has 1 rings (SSSR count). The van der Waals surface area contributed by atoms with Gasteiger partial charge in [0.1, 0.15) is 0 Å². The minimum Gasteiger partial charge on any atom is -0.383 e. The fraction of sp³-hybridized carbons (Fsp3) is 0.786. The summed E-state index contributed by atoms with van der Waals surface area (Å²) in [6.45, 7) is 11.3. The van der Waals surface area contributed by atoms with Crippen LogP contribution in [0.4, 0.5) is 0 Å². The Balaban J connectivity index is 3.10. The Morgan fingerprint density at radius 2 is 2.16 bits per heavy atom. The minimum atomic E-state index is 0.170. The van der Waals surface area contributed by atoms with Gasteiger partial charge in [-0.25, -0.2) is 0 Å². The van der Waals surface area contributed by atoms with Crippen LogP contribution in [0.3, 0.4) is 0 Å². The van der Waals surface area contributed by atoms with Crippen LogP contribution in [0.15, 0.2) is 10.7 Å². The summed E-state index contributed by atoms with van der Waals surface area (Å²) in [6, 6.07) is 0.274. The Bertz CT molecular complexity index is 390. The molecule has 4 nitrogen and oxygen atoms in total. The monoisotopic (exact) mass is 331 g/mol. The molecule has 1 N–H and O–H groups in total. The third-order valence-electron chi connectivity index (χ3n) is 3.71. The first-order chi connectivity index (χ1) is 8.97. The van der Waals surface area contributed by atoms with Gasteiger partial charge in [-0.2, -0.15) is 5.10 Å². The van der Waals surface area contributed by atoms with Crippen molar-refractivity contribution in [2.75, 3.05) is 20.3 Å². The van der Waals surface area contributed by atoms with E-state index in [1.165, 1.54) is 5.69 Å². The first-order valence-electron chi connectivity index (χ1n) is 6.91. The number of hydrogen-bond donors (Lipinski definition) is 1. The molecule has 0 saturated heterocycles. The molecular formula is C14H26BrN3O. The van der Waals surface area contributed by atoms with E-state index >= 15 is 0 Å². The number of halogens is 1. The van der Waals surface area contributed by atoms with E-state index in [2.05, 4.69) is 54.0 Å². The summed E-state index contributed by atoms with van der Waals surface area (Å²) in [4.78, 5) is 0. The van der Waals surface area contributed by atoms with Crippen LogP contribution in [0.5, 0.6) is 0 Å². The summed E-state index contributed by atoms with van der Waals surface area (Å²) < 4.78 is 8.27. The average Bonchev–Trinajstić information content (AvgIpc) is 2.74. The average molecular weight is 332 g/mol. The second-order valence-electron chi connectivity index (χ2n) is 5.43. The predicted molar refractivity (Wildman–Crippen MR) is 82.3 cm³/mol. The van der Waals surface area contributed by atoms with E-state index in [0.29, 0.717) is 6.61 Å². The highest BCUT2D eigenvalue weighted by Crippen LogP contribution is 2.39. The second kappa shape index (κ2) is 7.41. The molecule has 0 aliphatic rings. The lowest BCUT2D eigenvalue weighted by molar-refractivity contribution is 0.175. The van der Waals surface area contributed by atoms with E-state index in [9.17, 15) is 0 Å². The van der Waals surface area contributed by atoms with Crippen LogP contribution in [0.1, 0.15) is 45.9 Å². The van der Waals surface area contributed by atoms with Crippen molar-refractivity contribution in [3.05, 3.63) is 16.4 Å². The first kappa shape index (κ1) is 16.7. The normalized spacial score (nSPS) is 13.8. The van der Waals surface area contributed by atoms with E-state index in [1.54, 1.807) is 7.11 Å². The van der Waals surface area contributed by atoms with Crippen molar-refractivity contribution in [3.8, 4) is 0 Å². The number of nitrogens with zero attached hydrogens (tertiary/aromatic N) is 2. The van der Waals surface area contributed by atoms with E-state index < -0.39 is 0 Å². The number of rotatable bonds is 8. The number of ether oxygens (including phenoxy) is 1. The smallest absolute Gasteiger partial charge is 0.0702 e. The molecular weight excluding hydrogens is 306 g/mol. The molecule has 0 fully saturated rings. The summed E-state index contributed by atoms with van der Waals surface area (Å²) in [5.41, 5.74) is 1.38. The van der Waals surface area contributed by atoms with Crippen LogP contribution in [0.2, 0.25) is 0 Å². The van der Waals surface area contributed by atoms with Gasteiger partial charge in [-0.05, 0) is 34.3 Å². The van der Waals surface area contributed by atoms with E-state index in [1.807, 2.05) is 10.9 Å². The molecule has 0 aliphatic carbocycles.